The van der Waals surface area contributed by atoms with Crippen molar-refractivity contribution in [2.45, 2.75) is 51.8 Å². The van der Waals surface area contributed by atoms with Gasteiger partial charge in [0.1, 0.15) is 24.1 Å². The van der Waals surface area contributed by atoms with E-state index in [1.807, 2.05) is 26.8 Å². The average Bonchev–Trinajstić information content (AvgIpc) is 2.95. The first-order chi connectivity index (χ1) is 10.4. The number of rotatable bonds is 3. The number of hydrogen-bond acceptors (Lipinski definition) is 3. The van der Waals surface area contributed by atoms with Crippen LogP contribution in [0.25, 0.3) is 0 Å². The van der Waals surface area contributed by atoms with Crippen LogP contribution in [0.5, 0.6) is 0 Å². The average molecular weight is 303 g/mol. The van der Waals surface area contributed by atoms with Crippen LogP contribution >= 0.6 is 0 Å². The van der Waals surface area contributed by atoms with Crippen LogP contribution in [-0.2, 0) is 16.1 Å². The van der Waals surface area contributed by atoms with Crippen LogP contribution in [-0.4, -0.2) is 35.3 Å². The molecule has 120 valence electrons. The Labute approximate surface area is 133 Å². The first-order valence-corrected chi connectivity index (χ1v) is 8.28. The number of carbonyl (C=O) groups is 1. The minimum absolute atomic E-state index is 0.0227. The zero-order valence-electron chi connectivity index (χ0n) is 13.8. The van der Waals surface area contributed by atoms with E-state index in [9.17, 15) is 4.79 Å². The molecule has 1 aromatic rings. The first kappa shape index (κ1) is 15.5. The van der Waals surface area contributed by atoms with Gasteiger partial charge in [-0.3, -0.25) is 4.79 Å². The molecule has 2 aliphatic heterocycles. The van der Waals surface area contributed by atoms with Gasteiger partial charge in [0.15, 0.2) is 0 Å². The number of hydrogen-bond donors (Lipinski definition) is 1. The SMILES string of the molecule is CC(C)(C)OC(=O)C1CN[N+]2(Cc3ccccc3)CCCC12. The highest BCUT2D eigenvalue weighted by atomic mass is 16.6. The van der Waals surface area contributed by atoms with E-state index >= 15 is 0 Å². The van der Waals surface area contributed by atoms with Gasteiger partial charge in [-0.15, -0.1) is 0 Å². The smallest absolute Gasteiger partial charge is 0.317 e. The second-order valence-corrected chi connectivity index (χ2v) is 7.61. The van der Waals surface area contributed by atoms with Crippen molar-refractivity contribution in [1.29, 1.82) is 0 Å². The van der Waals surface area contributed by atoms with Crippen molar-refractivity contribution in [1.82, 2.24) is 5.43 Å². The van der Waals surface area contributed by atoms with Crippen molar-refractivity contribution < 1.29 is 14.1 Å². The van der Waals surface area contributed by atoms with Gasteiger partial charge in [-0.05, 0) is 20.8 Å². The third kappa shape index (κ3) is 3.03. The highest BCUT2D eigenvalue weighted by Crippen LogP contribution is 2.37. The second-order valence-electron chi connectivity index (χ2n) is 7.61. The molecule has 2 heterocycles. The molecule has 2 fully saturated rings. The summed E-state index contributed by atoms with van der Waals surface area (Å²) < 4.78 is 6.48. The largest absolute Gasteiger partial charge is 0.460 e. The third-order valence-corrected chi connectivity index (χ3v) is 4.80. The normalized spacial score (nSPS) is 31.0. The molecule has 3 unspecified atom stereocenters. The number of nitrogens with one attached hydrogen (secondary N) is 1. The number of quaternary nitrogens is 1. The minimum Gasteiger partial charge on any atom is -0.460 e. The van der Waals surface area contributed by atoms with E-state index in [1.54, 1.807) is 0 Å². The summed E-state index contributed by atoms with van der Waals surface area (Å²) in [5.41, 5.74) is 4.55. The molecular weight excluding hydrogens is 276 g/mol. The van der Waals surface area contributed by atoms with Gasteiger partial charge >= 0.3 is 5.97 Å². The van der Waals surface area contributed by atoms with Gasteiger partial charge in [-0.25, -0.2) is 4.59 Å². The van der Waals surface area contributed by atoms with Gasteiger partial charge in [0, 0.05) is 18.4 Å². The Balaban J connectivity index is 1.75. The van der Waals surface area contributed by atoms with Crippen molar-refractivity contribution in [3.63, 3.8) is 0 Å². The molecule has 4 nitrogen and oxygen atoms in total. The van der Waals surface area contributed by atoms with E-state index in [0.29, 0.717) is 6.04 Å². The Morgan fingerprint density at radius 2 is 2.05 bits per heavy atom. The fraction of sp³-hybridized carbons (Fsp3) is 0.611. The molecule has 0 radical (unpaired) electrons. The van der Waals surface area contributed by atoms with Crippen LogP contribution in [0.4, 0.5) is 0 Å². The summed E-state index contributed by atoms with van der Waals surface area (Å²) in [6, 6.07) is 10.9. The van der Waals surface area contributed by atoms with Crippen molar-refractivity contribution in [3.05, 3.63) is 35.9 Å². The maximum Gasteiger partial charge on any atom is 0.317 e. The lowest BCUT2D eigenvalue weighted by Gasteiger charge is -2.34. The number of esters is 1. The number of ether oxygens (including phenoxy) is 1. The number of carbonyl (C=O) groups excluding carboxylic acids is 1. The second kappa shape index (κ2) is 5.67. The Hall–Kier alpha value is -1.39. The van der Waals surface area contributed by atoms with Gasteiger partial charge in [-0.2, -0.15) is 5.43 Å². The molecule has 22 heavy (non-hydrogen) atoms. The maximum atomic E-state index is 12.5. The number of benzene rings is 1. The van der Waals surface area contributed by atoms with E-state index in [2.05, 4.69) is 29.7 Å². The van der Waals surface area contributed by atoms with Crippen LogP contribution in [0.1, 0.15) is 39.2 Å². The van der Waals surface area contributed by atoms with E-state index in [1.165, 1.54) is 12.0 Å². The summed E-state index contributed by atoms with van der Waals surface area (Å²) in [6.45, 7) is 8.59. The van der Waals surface area contributed by atoms with Crippen LogP contribution < -0.4 is 5.43 Å². The van der Waals surface area contributed by atoms with Crippen molar-refractivity contribution >= 4 is 5.97 Å². The molecule has 2 aliphatic rings. The quantitative estimate of drug-likeness (QED) is 0.689. The molecule has 0 amide bonds. The highest BCUT2D eigenvalue weighted by molar-refractivity contribution is 5.74. The van der Waals surface area contributed by atoms with Crippen molar-refractivity contribution in [2.75, 3.05) is 13.1 Å². The summed E-state index contributed by atoms with van der Waals surface area (Å²) in [4.78, 5) is 12.5. The van der Waals surface area contributed by atoms with Gasteiger partial charge in [0.2, 0.25) is 0 Å². The standard InChI is InChI=1S/C18H27N2O2/c1-18(2,3)22-17(21)15-12-19-20(11-7-10-16(15)20)13-14-8-5-4-6-9-14/h4-6,8-9,15-16,19H,7,10-13H2,1-3H3/q+1. The lowest BCUT2D eigenvalue weighted by molar-refractivity contribution is -0.980. The fourth-order valence-corrected chi connectivity index (χ4v) is 3.93. The van der Waals surface area contributed by atoms with E-state index < -0.39 is 5.60 Å². The topological polar surface area (TPSA) is 38.3 Å². The van der Waals surface area contributed by atoms with Gasteiger partial charge in [0.25, 0.3) is 0 Å². The lowest BCUT2D eigenvalue weighted by atomic mass is 9.98. The zero-order valence-corrected chi connectivity index (χ0v) is 13.8. The Bertz CT molecular complexity index is 538. The molecule has 0 aliphatic carbocycles. The molecule has 1 aromatic carbocycles. The van der Waals surface area contributed by atoms with E-state index in [0.717, 1.165) is 30.6 Å². The van der Waals surface area contributed by atoms with E-state index in [4.69, 9.17) is 4.74 Å². The summed E-state index contributed by atoms with van der Waals surface area (Å²) in [5.74, 6) is -0.0644. The summed E-state index contributed by atoms with van der Waals surface area (Å²) in [6.07, 6.45) is 2.27. The first-order valence-electron chi connectivity index (χ1n) is 8.28. The van der Waals surface area contributed by atoms with Crippen LogP contribution in [0, 0.1) is 5.92 Å². The molecule has 3 rings (SSSR count). The van der Waals surface area contributed by atoms with Gasteiger partial charge in [-0.1, -0.05) is 30.3 Å². The van der Waals surface area contributed by atoms with Crippen molar-refractivity contribution in [2.24, 2.45) is 5.92 Å². The molecule has 3 atom stereocenters. The number of fused-ring (bicyclic) bond motifs is 1. The third-order valence-electron chi connectivity index (χ3n) is 4.80. The van der Waals surface area contributed by atoms with Crippen molar-refractivity contribution in [3.8, 4) is 0 Å². The van der Waals surface area contributed by atoms with Crippen LogP contribution in [0.15, 0.2) is 30.3 Å². The predicted molar refractivity (Wildman–Crippen MR) is 85.6 cm³/mol. The molecular formula is C18H27N2O2+. The highest BCUT2D eigenvalue weighted by Gasteiger charge is 2.55. The minimum atomic E-state index is -0.409. The Kier molecular flexibility index (Phi) is 4.00. The van der Waals surface area contributed by atoms with Crippen LogP contribution in [0.3, 0.4) is 0 Å². The Morgan fingerprint density at radius 3 is 2.73 bits per heavy atom. The molecule has 1 N–H and O–H groups in total. The molecule has 4 heteroatoms. The number of nitrogens with zero attached hydrogens (tertiary/aromatic N) is 1. The van der Waals surface area contributed by atoms with Gasteiger partial charge < -0.3 is 4.74 Å². The molecule has 0 aromatic heterocycles. The molecule has 0 spiro atoms. The zero-order chi connectivity index (χ0) is 15.8. The summed E-state index contributed by atoms with van der Waals surface area (Å²) >= 11 is 0. The molecule has 2 saturated heterocycles. The van der Waals surface area contributed by atoms with Crippen LogP contribution in [0.2, 0.25) is 0 Å². The summed E-state index contributed by atoms with van der Waals surface area (Å²) in [7, 11) is 0. The fourth-order valence-electron chi connectivity index (χ4n) is 3.93. The lowest BCUT2D eigenvalue weighted by Crippen LogP contribution is -2.55. The van der Waals surface area contributed by atoms with Gasteiger partial charge in [0.05, 0.1) is 13.1 Å². The molecule has 0 bridgehead atoms. The molecule has 0 saturated carbocycles. The van der Waals surface area contributed by atoms with E-state index in [-0.39, 0.29) is 11.9 Å². The monoisotopic (exact) mass is 303 g/mol. The maximum absolute atomic E-state index is 12.5. The Morgan fingerprint density at radius 1 is 1.32 bits per heavy atom. The predicted octanol–water partition coefficient (Wildman–Crippen LogP) is 2.64. The summed E-state index contributed by atoms with van der Waals surface area (Å²) in [5, 5.41) is 0.